The van der Waals surface area contributed by atoms with Crippen LogP contribution < -0.4 is 10.2 Å². The van der Waals surface area contributed by atoms with Crippen molar-refractivity contribution in [2.75, 3.05) is 16.8 Å². The van der Waals surface area contributed by atoms with Crippen LogP contribution in [0.3, 0.4) is 0 Å². The van der Waals surface area contributed by atoms with E-state index >= 15 is 0 Å². The molecular weight excluding hydrogens is 334 g/mol. The van der Waals surface area contributed by atoms with Crippen molar-refractivity contribution in [3.8, 4) is 0 Å². The number of rotatable bonds is 4. The third-order valence-electron chi connectivity index (χ3n) is 4.50. The Kier molecular flexibility index (Phi) is 3.90. The van der Waals surface area contributed by atoms with Gasteiger partial charge in [-0.15, -0.1) is 10.2 Å². The number of fused-ring (bicyclic) bond motifs is 1. The molecule has 1 fully saturated rings. The van der Waals surface area contributed by atoms with E-state index in [1.807, 2.05) is 30.5 Å². The minimum atomic E-state index is -0.404. The molecule has 0 aromatic carbocycles. The molecule has 4 heterocycles. The van der Waals surface area contributed by atoms with Crippen LogP contribution in [0.25, 0.3) is 5.65 Å². The summed E-state index contributed by atoms with van der Waals surface area (Å²) in [6.07, 6.45) is 5.22. The summed E-state index contributed by atoms with van der Waals surface area (Å²) in [5, 5.41) is 17.7. The summed E-state index contributed by atoms with van der Waals surface area (Å²) in [5.41, 5.74) is 2.06. The highest BCUT2D eigenvalue weighted by molar-refractivity contribution is 6.03. The van der Waals surface area contributed by atoms with Crippen molar-refractivity contribution in [1.29, 1.82) is 0 Å². The first-order chi connectivity index (χ1) is 12.5. The van der Waals surface area contributed by atoms with Gasteiger partial charge in [-0.1, -0.05) is 13.8 Å². The van der Waals surface area contributed by atoms with E-state index in [0.29, 0.717) is 17.9 Å². The molecule has 1 aliphatic heterocycles. The third-order valence-corrected chi connectivity index (χ3v) is 4.50. The Morgan fingerprint density at radius 2 is 2.19 bits per heavy atom. The molecule has 0 saturated carbocycles. The first kappa shape index (κ1) is 16.2. The highest BCUT2D eigenvalue weighted by Gasteiger charge is 2.35. The fraction of sp³-hybridized carbons (Fsp3) is 0.353. The van der Waals surface area contributed by atoms with E-state index in [1.54, 1.807) is 23.4 Å². The first-order valence-electron chi connectivity index (χ1n) is 8.47. The first-order valence-corrected chi connectivity index (χ1v) is 8.47. The Morgan fingerprint density at radius 3 is 2.92 bits per heavy atom. The number of anilines is 2. The molecule has 26 heavy (non-hydrogen) atoms. The number of pyridine rings is 1. The van der Waals surface area contributed by atoms with Crippen molar-refractivity contribution >= 4 is 28.8 Å². The van der Waals surface area contributed by atoms with Crippen molar-refractivity contribution in [2.45, 2.75) is 26.2 Å². The van der Waals surface area contributed by atoms with E-state index in [4.69, 9.17) is 0 Å². The number of hydrogen-bond acceptors (Lipinski definition) is 5. The molecule has 1 unspecified atom stereocenters. The molecule has 2 N–H and O–H groups in total. The lowest BCUT2D eigenvalue weighted by Crippen LogP contribution is -2.27. The molecule has 4 rings (SSSR count). The molecule has 0 bridgehead atoms. The average molecular weight is 353 g/mol. The smallest absolute Gasteiger partial charge is 0.229 e. The molecule has 0 aliphatic carbocycles. The van der Waals surface area contributed by atoms with Gasteiger partial charge in [-0.2, -0.15) is 5.10 Å². The van der Waals surface area contributed by atoms with Gasteiger partial charge in [-0.3, -0.25) is 19.1 Å². The molecule has 3 aromatic heterocycles. The number of aromatic nitrogens is 5. The van der Waals surface area contributed by atoms with Crippen LogP contribution in [0, 0.1) is 5.92 Å². The van der Waals surface area contributed by atoms with Gasteiger partial charge in [0, 0.05) is 31.3 Å². The monoisotopic (exact) mass is 353 g/mol. The van der Waals surface area contributed by atoms with Gasteiger partial charge in [0.1, 0.15) is 5.82 Å². The van der Waals surface area contributed by atoms with Gasteiger partial charge in [-0.25, -0.2) is 0 Å². The maximum absolute atomic E-state index is 12.6. The minimum absolute atomic E-state index is 0.0806. The molecule has 1 aliphatic rings. The van der Waals surface area contributed by atoms with Crippen LogP contribution >= 0.6 is 0 Å². The summed E-state index contributed by atoms with van der Waals surface area (Å²) in [6, 6.07) is 3.60. The van der Waals surface area contributed by atoms with Crippen LogP contribution in [0.2, 0.25) is 0 Å². The number of carbonyl (C=O) groups excluding carboxylic acids is 2. The number of nitrogens with one attached hydrogen (secondary N) is 2. The maximum atomic E-state index is 12.6. The van der Waals surface area contributed by atoms with Crippen LogP contribution in [-0.2, 0) is 9.59 Å². The van der Waals surface area contributed by atoms with Crippen molar-refractivity contribution in [3.63, 3.8) is 0 Å². The molecule has 0 spiro atoms. The van der Waals surface area contributed by atoms with Crippen LogP contribution in [0.5, 0.6) is 0 Å². The zero-order valence-electron chi connectivity index (χ0n) is 14.5. The van der Waals surface area contributed by atoms with E-state index in [9.17, 15) is 9.59 Å². The molecule has 1 saturated heterocycles. The van der Waals surface area contributed by atoms with Gasteiger partial charge >= 0.3 is 0 Å². The highest BCUT2D eigenvalue weighted by Crippen LogP contribution is 2.25. The Labute approximate surface area is 149 Å². The van der Waals surface area contributed by atoms with Gasteiger partial charge in [0.05, 0.1) is 23.5 Å². The Bertz CT molecular complexity index is 961. The second kappa shape index (κ2) is 6.25. The van der Waals surface area contributed by atoms with E-state index in [0.717, 1.165) is 11.5 Å². The van der Waals surface area contributed by atoms with Gasteiger partial charge in [0.25, 0.3) is 0 Å². The highest BCUT2D eigenvalue weighted by atomic mass is 16.2. The molecule has 134 valence electrons. The van der Waals surface area contributed by atoms with Crippen molar-refractivity contribution in [2.24, 2.45) is 5.92 Å². The van der Waals surface area contributed by atoms with E-state index in [1.165, 1.54) is 0 Å². The number of H-pyrrole nitrogens is 1. The van der Waals surface area contributed by atoms with Crippen LogP contribution in [0.15, 0.2) is 30.7 Å². The van der Waals surface area contributed by atoms with Gasteiger partial charge < -0.3 is 10.2 Å². The Balaban J connectivity index is 1.51. The van der Waals surface area contributed by atoms with E-state index < -0.39 is 5.92 Å². The van der Waals surface area contributed by atoms with Gasteiger partial charge in [0.15, 0.2) is 5.65 Å². The lowest BCUT2D eigenvalue weighted by atomic mass is 10.1. The molecule has 3 aromatic rings. The molecule has 1 atom stereocenters. The number of carbonyl (C=O) groups is 2. The van der Waals surface area contributed by atoms with E-state index in [2.05, 4.69) is 25.7 Å². The molecule has 0 radical (unpaired) electrons. The largest absolute Gasteiger partial charge is 0.324 e. The van der Waals surface area contributed by atoms with Crippen LogP contribution in [0.4, 0.5) is 11.4 Å². The second-order valence-electron chi connectivity index (χ2n) is 6.71. The molecule has 9 heteroatoms. The number of hydrogen-bond donors (Lipinski definition) is 2. The molecule has 2 amide bonds. The van der Waals surface area contributed by atoms with Gasteiger partial charge in [0.2, 0.25) is 11.8 Å². The maximum Gasteiger partial charge on any atom is 0.229 e. The summed E-state index contributed by atoms with van der Waals surface area (Å²) in [5.74, 6) is 0.384. The third kappa shape index (κ3) is 2.81. The number of nitrogens with zero attached hydrogens (tertiary/aromatic N) is 5. The average Bonchev–Trinajstić information content (AvgIpc) is 3.33. The van der Waals surface area contributed by atoms with Crippen molar-refractivity contribution in [3.05, 3.63) is 36.5 Å². The number of aromatic amines is 1. The lowest BCUT2D eigenvalue weighted by Gasteiger charge is -2.14. The Hall–Kier alpha value is -3.23. The summed E-state index contributed by atoms with van der Waals surface area (Å²) in [6.45, 7) is 4.42. The summed E-state index contributed by atoms with van der Waals surface area (Å²) >= 11 is 0. The van der Waals surface area contributed by atoms with E-state index in [-0.39, 0.29) is 24.2 Å². The van der Waals surface area contributed by atoms with Crippen molar-refractivity contribution < 1.29 is 9.59 Å². The lowest BCUT2D eigenvalue weighted by molar-refractivity contribution is -0.122. The van der Waals surface area contributed by atoms with Crippen molar-refractivity contribution in [1.82, 2.24) is 24.8 Å². The molecular formula is C17H19N7O2. The second-order valence-corrected chi connectivity index (χ2v) is 6.71. The summed E-state index contributed by atoms with van der Waals surface area (Å²) in [4.78, 5) is 26.4. The summed E-state index contributed by atoms with van der Waals surface area (Å²) in [7, 11) is 0. The SMILES string of the molecule is CC(C)c1nnc2ccc(NC(=O)C3CC(=O)N(c4cn[nH]c4)C3)cn12. The quantitative estimate of drug-likeness (QED) is 0.740. The van der Waals surface area contributed by atoms with Crippen LogP contribution in [-0.4, -0.2) is 43.2 Å². The fourth-order valence-electron chi connectivity index (χ4n) is 3.14. The standard InChI is InChI=1S/C17H19N7O2/c1-10(2)16-22-21-14-4-3-12(9-24(14)16)20-17(26)11-5-15(25)23(8-11)13-6-18-19-7-13/h3-4,6-7,9-11H,5,8H2,1-2H3,(H,18,19)(H,20,26). The zero-order valence-corrected chi connectivity index (χ0v) is 14.5. The predicted molar refractivity (Wildman–Crippen MR) is 94.8 cm³/mol. The normalized spacial score (nSPS) is 17.4. The minimum Gasteiger partial charge on any atom is -0.324 e. The fourth-order valence-corrected chi connectivity index (χ4v) is 3.14. The Morgan fingerprint density at radius 1 is 1.35 bits per heavy atom. The topological polar surface area (TPSA) is 108 Å². The summed E-state index contributed by atoms with van der Waals surface area (Å²) < 4.78 is 1.87. The zero-order chi connectivity index (χ0) is 18.3. The van der Waals surface area contributed by atoms with Crippen LogP contribution in [0.1, 0.15) is 32.0 Å². The molecule has 9 nitrogen and oxygen atoms in total. The van der Waals surface area contributed by atoms with Gasteiger partial charge in [-0.05, 0) is 12.1 Å². The predicted octanol–water partition coefficient (Wildman–Crippen LogP) is 1.57. The number of amides is 2.